The van der Waals surface area contributed by atoms with Crippen molar-refractivity contribution in [3.05, 3.63) is 215 Å². The summed E-state index contributed by atoms with van der Waals surface area (Å²) in [5.41, 5.74) is 5.60. The smallest absolute Gasteiger partial charge is 0.338 e. The third-order valence-corrected chi connectivity index (χ3v) is 10.9. The Balaban J connectivity index is 1.36. The Morgan fingerprint density at radius 2 is 0.933 bits per heavy atom. The first-order valence-electron chi connectivity index (χ1n) is 20.9. The van der Waals surface area contributed by atoms with Crippen LogP contribution in [0.3, 0.4) is 0 Å². The number of aliphatic hydroxyl groups excluding tert-OH is 1. The summed E-state index contributed by atoms with van der Waals surface area (Å²) >= 11 is 0. The molecule has 1 aliphatic rings. The van der Waals surface area contributed by atoms with Crippen LogP contribution in [-0.4, -0.2) is 65.7 Å². The fourth-order valence-electron chi connectivity index (χ4n) is 7.96. The SMILES string of the molecule is O=C(OC(CCCO)C1C(OCc2ccccc2)C(OCc2ccccc2)C(OCc2ccccc2)C(COCc2ccccc2)N1Cc1ccccc1)c1ccccc1. The van der Waals surface area contributed by atoms with Crippen LogP contribution >= 0.6 is 0 Å². The van der Waals surface area contributed by atoms with Crippen LogP contribution < -0.4 is 0 Å². The summed E-state index contributed by atoms with van der Waals surface area (Å²) in [6.07, 6.45) is -1.80. The van der Waals surface area contributed by atoms with Crippen LogP contribution in [0.5, 0.6) is 0 Å². The second-order valence-electron chi connectivity index (χ2n) is 15.2. The van der Waals surface area contributed by atoms with Crippen LogP contribution in [0.2, 0.25) is 0 Å². The van der Waals surface area contributed by atoms with Crippen molar-refractivity contribution >= 4 is 5.97 Å². The number of rotatable bonds is 21. The quantitative estimate of drug-likeness (QED) is 0.0722. The van der Waals surface area contributed by atoms with E-state index in [2.05, 4.69) is 41.3 Å². The third kappa shape index (κ3) is 12.1. The van der Waals surface area contributed by atoms with E-state index in [1.54, 1.807) is 12.1 Å². The molecule has 0 amide bonds. The fraction of sp³-hybridized carbons (Fsp3) is 0.288. The van der Waals surface area contributed by atoms with Crippen molar-refractivity contribution in [2.45, 2.75) is 82.3 Å². The van der Waals surface area contributed by atoms with Crippen LogP contribution in [0, 0.1) is 0 Å². The Kier molecular flexibility index (Phi) is 16.2. The first kappa shape index (κ1) is 42.7. The highest BCUT2D eigenvalue weighted by Gasteiger charge is 2.54. The molecule has 0 radical (unpaired) electrons. The number of hydrogen-bond acceptors (Lipinski definition) is 8. The predicted molar refractivity (Wildman–Crippen MR) is 233 cm³/mol. The molecular formula is C52H55NO7. The summed E-state index contributed by atoms with van der Waals surface area (Å²) in [4.78, 5) is 16.5. The summed E-state index contributed by atoms with van der Waals surface area (Å²) in [6.45, 7) is 2.01. The zero-order chi connectivity index (χ0) is 41.2. The van der Waals surface area contributed by atoms with Crippen LogP contribution in [0.15, 0.2) is 182 Å². The van der Waals surface area contributed by atoms with Gasteiger partial charge in [0.25, 0.3) is 0 Å². The molecule has 1 saturated heterocycles. The van der Waals surface area contributed by atoms with Gasteiger partial charge < -0.3 is 28.8 Å². The van der Waals surface area contributed by atoms with E-state index in [0.717, 1.165) is 27.8 Å². The summed E-state index contributed by atoms with van der Waals surface area (Å²) < 4.78 is 34.7. The average Bonchev–Trinajstić information content (AvgIpc) is 3.31. The molecule has 1 fully saturated rings. The van der Waals surface area contributed by atoms with Gasteiger partial charge in [-0.05, 0) is 52.8 Å². The van der Waals surface area contributed by atoms with Gasteiger partial charge in [-0.2, -0.15) is 0 Å². The molecule has 8 nitrogen and oxygen atoms in total. The van der Waals surface area contributed by atoms with Crippen molar-refractivity contribution in [3.8, 4) is 0 Å². The van der Waals surface area contributed by atoms with Gasteiger partial charge in [0, 0.05) is 13.2 Å². The second kappa shape index (κ2) is 22.8. The van der Waals surface area contributed by atoms with Crippen molar-refractivity contribution in [1.29, 1.82) is 0 Å². The van der Waals surface area contributed by atoms with Crippen LogP contribution in [0.25, 0.3) is 0 Å². The molecule has 0 saturated carbocycles. The molecule has 0 spiro atoms. The van der Waals surface area contributed by atoms with Gasteiger partial charge in [0.05, 0.1) is 50.7 Å². The number of ether oxygens (including phenoxy) is 5. The fourth-order valence-corrected chi connectivity index (χ4v) is 7.96. The Labute approximate surface area is 354 Å². The Hall–Kier alpha value is -5.45. The molecule has 1 aliphatic heterocycles. The molecule has 6 aromatic carbocycles. The minimum absolute atomic E-state index is 0.0688. The van der Waals surface area contributed by atoms with E-state index in [4.69, 9.17) is 23.7 Å². The van der Waals surface area contributed by atoms with E-state index < -0.39 is 42.5 Å². The van der Waals surface area contributed by atoms with E-state index in [1.807, 2.05) is 133 Å². The number of benzene rings is 6. The van der Waals surface area contributed by atoms with Crippen LogP contribution in [0.1, 0.15) is 51.0 Å². The highest BCUT2D eigenvalue weighted by molar-refractivity contribution is 5.89. The lowest BCUT2D eigenvalue weighted by Gasteiger charge is -2.54. The monoisotopic (exact) mass is 805 g/mol. The average molecular weight is 806 g/mol. The van der Waals surface area contributed by atoms with Gasteiger partial charge in [0.1, 0.15) is 24.4 Å². The lowest BCUT2D eigenvalue weighted by molar-refractivity contribution is -0.244. The standard InChI is InChI=1S/C52H55NO7/c54-33-19-32-47(60-52(55)45-30-17-6-18-31-45)48-50(58-37-43-26-13-4-14-27-43)51(59-38-44-28-15-5-16-29-44)49(57-36-42-24-11-3-12-25-42)46(39-56-35-41-22-9-2-10-23-41)53(48)34-40-20-7-1-8-21-40/h1-18,20-31,46-51,54H,19,32-39H2. The number of hydrogen-bond donors (Lipinski definition) is 1. The van der Waals surface area contributed by atoms with Gasteiger partial charge in [0.2, 0.25) is 0 Å². The van der Waals surface area contributed by atoms with Crippen molar-refractivity contribution in [2.24, 2.45) is 0 Å². The number of piperidine rings is 1. The van der Waals surface area contributed by atoms with E-state index >= 15 is 0 Å². The molecule has 0 aromatic heterocycles. The highest BCUT2D eigenvalue weighted by Crippen LogP contribution is 2.38. The summed E-state index contributed by atoms with van der Waals surface area (Å²) in [6, 6.07) is 58.8. The molecule has 1 heterocycles. The van der Waals surface area contributed by atoms with E-state index in [0.29, 0.717) is 44.8 Å². The first-order valence-corrected chi connectivity index (χ1v) is 20.9. The third-order valence-electron chi connectivity index (χ3n) is 10.9. The normalized spacial score (nSPS) is 19.7. The van der Waals surface area contributed by atoms with Crippen LogP contribution in [0.4, 0.5) is 0 Å². The molecule has 60 heavy (non-hydrogen) atoms. The largest absolute Gasteiger partial charge is 0.457 e. The zero-order valence-electron chi connectivity index (χ0n) is 34.0. The number of esters is 1. The molecule has 6 unspecified atom stereocenters. The number of aliphatic hydroxyl groups is 1. The van der Waals surface area contributed by atoms with E-state index in [1.165, 1.54) is 0 Å². The summed E-state index contributed by atoms with van der Waals surface area (Å²) in [7, 11) is 0. The number of nitrogens with zero attached hydrogens (tertiary/aromatic N) is 1. The van der Waals surface area contributed by atoms with Crippen molar-refractivity contribution < 1.29 is 33.6 Å². The molecule has 0 bridgehead atoms. The minimum atomic E-state index is -0.719. The van der Waals surface area contributed by atoms with Gasteiger partial charge in [-0.15, -0.1) is 0 Å². The lowest BCUT2D eigenvalue weighted by Crippen LogP contribution is -2.71. The molecule has 8 heteroatoms. The number of carbonyl (C=O) groups is 1. The van der Waals surface area contributed by atoms with Crippen molar-refractivity contribution in [1.82, 2.24) is 4.90 Å². The molecule has 310 valence electrons. The topological polar surface area (TPSA) is 86.7 Å². The highest BCUT2D eigenvalue weighted by atomic mass is 16.6. The predicted octanol–water partition coefficient (Wildman–Crippen LogP) is 9.21. The lowest BCUT2D eigenvalue weighted by atomic mass is 9.83. The van der Waals surface area contributed by atoms with E-state index in [-0.39, 0.29) is 19.8 Å². The summed E-state index contributed by atoms with van der Waals surface area (Å²) in [5, 5.41) is 10.3. The van der Waals surface area contributed by atoms with Crippen molar-refractivity contribution in [2.75, 3.05) is 13.2 Å². The Morgan fingerprint density at radius 1 is 0.517 bits per heavy atom. The van der Waals surface area contributed by atoms with Gasteiger partial charge in [0.15, 0.2) is 0 Å². The number of likely N-dealkylation sites (tertiary alicyclic amines) is 1. The molecule has 1 N–H and O–H groups in total. The van der Waals surface area contributed by atoms with Gasteiger partial charge >= 0.3 is 5.97 Å². The Morgan fingerprint density at radius 3 is 1.42 bits per heavy atom. The van der Waals surface area contributed by atoms with Gasteiger partial charge in [-0.1, -0.05) is 170 Å². The number of carbonyl (C=O) groups excluding carboxylic acids is 1. The van der Waals surface area contributed by atoms with Crippen LogP contribution in [-0.2, 0) is 56.7 Å². The maximum absolute atomic E-state index is 14.1. The minimum Gasteiger partial charge on any atom is -0.457 e. The summed E-state index contributed by atoms with van der Waals surface area (Å²) in [5.74, 6) is -0.443. The van der Waals surface area contributed by atoms with Gasteiger partial charge in [-0.3, -0.25) is 4.90 Å². The van der Waals surface area contributed by atoms with Gasteiger partial charge in [-0.25, -0.2) is 4.79 Å². The Bertz CT molecular complexity index is 2090. The first-order chi connectivity index (χ1) is 29.7. The maximum Gasteiger partial charge on any atom is 0.338 e. The maximum atomic E-state index is 14.1. The molecule has 6 aromatic rings. The molecule has 0 aliphatic carbocycles. The molecular weight excluding hydrogens is 751 g/mol. The second-order valence-corrected chi connectivity index (χ2v) is 15.2. The van der Waals surface area contributed by atoms with Crippen molar-refractivity contribution in [3.63, 3.8) is 0 Å². The molecule has 6 atom stereocenters. The molecule has 7 rings (SSSR count). The van der Waals surface area contributed by atoms with E-state index in [9.17, 15) is 9.90 Å². The zero-order valence-corrected chi connectivity index (χ0v) is 34.0.